The Bertz CT molecular complexity index is 792. The number of rotatable bonds is 7. The zero-order chi connectivity index (χ0) is 19.1. The molecule has 0 fully saturated rings. The molecule has 26 heavy (non-hydrogen) atoms. The molecule has 0 heterocycles. The number of hydrazone groups is 1. The smallest absolute Gasteiger partial charge is 0.277 e. The summed E-state index contributed by atoms with van der Waals surface area (Å²) in [6, 6.07) is 10.5. The van der Waals surface area contributed by atoms with Gasteiger partial charge in [0, 0.05) is 10.6 Å². The summed E-state index contributed by atoms with van der Waals surface area (Å²) in [6.07, 6.45) is 2.32. The van der Waals surface area contributed by atoms with Gasteiger partial charge >= 0.3 is 0 Å². The van der Waals surface area contributed by atoms with E-state index in [1.165, 1.54) is 23.9 Å². The van der Waals surface area contributed by atoms with Gasteiger partial charge in [-0.3, -0.25) is 4.79 Å². The van der Waals surface area contributed by atoms with Crippen molar-refractivity contribution in [1.29, 1.82) is 0 Å². The van der Waals surface area contributed by atoms with Gasteiger partial charge in [-0.25, -0.2) is 5.43 Å². The molecule has 1 amide bonds. The number of benzene rings is 2. The van der Waals surface area contributed by atoms with Crippen molar-refractivity contribution in [2.45, 2.75) is 26.2 Å². The van der Waals surface area contributed by atoms with E-state index < -0.39 is 5.91 Å². The van der Waals surface area contributed by atoms with Crippen molar-refractivity contribution < 1.29 is 14.6 Å². The molecular weight excluding hydrogens is 375 g/mol. The monoisotopic (exact) mass is 394 g/mol. The van der Waals surface area contributed by atoms with Crippen LogP contribution in [0, 0.1) is 0 Å². The Labute approximate surface area is 162 Å². The number of halogens is 2. The molecule has 0 radical (unpaired) electrons. The lowest BCUT2D eigenvalue weighted by molar-refractivity contribution is -0.123. The number of phenolic OH excluding ortho intramolecular Hbond substituents is 1. The molecule has 0 saturated heterocycles. The van der Waals surface area contributed by atoms with Gasteiger partial charge in [-0.05, 0) is 42.2 Å². The zero-order valence-corrected chi connectivity index (χ0v) is 16.0. The van der Waals surface area contributed by atoms with Crippen LogP contribution in [0.4, 0.5) is 0 Å². The van der Waals surface area contributed by atoms with Crippen LogP contribution in [0.3, 0.4) is 0 Å². The standard InChI is InChI=1S/C19H20Cl2N2O3/c1-3-12(2)13-4-6-16(7-5-13)26-11-18(24)23-22-10-14-8-15(20)9-17(21)19(14)25/h4-10,12,25H,3,11H2,1-2H3,(H,23,24)/b22-10+/t12-/m1/s1. The van der Waals surface area contributed by atoms with Gasteiger partial charge in [0.2, 0.25) is 0 Å². The number of ether oxygens (including phenoxy) is 1. The van der Waals surface area contributed by atoms with Crippen LogP contribution in [0.15, 0.2) is 41.5 Å². The predicted octanol–water partition coefficient (Wildman–Crippen LogP) is 4.74. The second kappa shape index (κ2) is 9.46. The van der Waals surface area contributed by atoms with Gasteiger partial charge in [0.15, 0.2) is 6.61 Å². The van der Waals surface area contributed by atoms with Gasteiger partial charge < -0.3 is 9.84 Å². The molecule has 0 spiro atoms. The lowest BCUT2D eigenvalue weighted by Gasteiger charge is -2.10. The first-order valence-electron chi connectivity index (χ1n) is 8.13. The van der Waals surface area contributed by atoms with Crippen LogP contribution in [-0.2, 0) is 4.79 Å². The summed E-state index contributed by atoms with van der Waals surface area (Å²) < 4.78 is 5.42. The maximum Gasteiger partial charge on any atom is 0.277 e. The molecule has 2 aromatic carbocycles. The fraction of sp³-hybridized carbons (Fsp3) is 0.263. The molecule has 0 aliphatic heterocycles. The van der Waals surface area contributed by atoms with Crippen molar-refractivity contribution in [3.8, 4) is 11.5 Å². The first kappa shape index (κ1) is 20.1. The zero-order valence-electron chi connectivity index (χ0n) is 14.5. The Morgan fingerprint density at radius 2 is 2.00 bits per heavy atom. The first-order valence-corrected chi connectivity index (χ1v) is 8.89. The highest BCUT2D eigenvalue weighted by Gasteiger charge is 2.07. The summed E-state index contributed by atoms with van der Waals surface area (Å²) in [5.41, 5.74) is 3.84. The van der Waals surface area contributed by atoms with Crippen molar-refractivity contribution in [2.24, 2.45) is 5.10 Å². The molecule has 138 valence electrons. The summed E-state index contributed by atoms with van der Waals surface area (Å²) in [6.45, 7) is 4.12. The summed E-state index contributed by atoms with van der Waals surface area (Å²) in [4.78, 5) is 11.8. The maximum atomic E-state index is 11.8. The van der Waals surface area contributed by atoms with E-state index in [0.29, 0.717) is 22.3 Å². The highest BCUT2D eigenvalue weighted by atomic mass is 35.5. The number of nitrogens with zero attached hydrogens (tertiary/aromatic N) is 1. The number of carbonyl (C=O) groups excluding carboxylic acids is 1. The summed E-state index contributed by atoms with van der Waals surface area (Å²) in [5.74, 6) is 0.500. The Kier molecular flexibility index (Phi) is 7.30. The molecule has 0 aliphatic carbocycles. The van der Waals surface area contributed by atoms with Gasteiger partial charge in [0.1, 0.15) is 11.5 Å². The first-order chi connectivity index (χ1) is 12.4. The van der Waals surface area contributed by atoms with Crippen LogP contribution >= 0.6 is 23.2 Å². The molecule has 0 unspecified atom stereocenters. The van der Waals surface area contributed by atoms with Gasteiger partial charge in [-0.1, -0.05) is 49.2 Å². The van der Waals surface area contributed by atoms with Crippen molar-refractivity contribution in [2.75, 3.05) is 6.61 Å². The average molecular weight is 395 g/mol. The third kappa shape index (κ3) is 5.64. The molecule has 0 aliphatic rings. The van der Waals surface area contributed by atoms with E-state index in [9.17, 15) is 9.90 Å². The van der Waals surface area contributed by atoms with Crippen LogP contribution in [0.2, 0.25) is 10.0 Å². The molecule has 0 bridgehead atoms. The molecule has 2 aromatic rings. The van der Waals surface area contributed by atoms with Crippen molar-refractivity contribution in [3.63, 3.8) is 0 Å². The van der Waals surface area contributed by atoms with Crippen LogP contribution in [0.25, 0.3) is 0 Å². The van der Waals surface area contributed by atoms with E-state index in [1.807, 2.05) is 24.3 Å². The van der Waals surface area contributed by atoms with Crippen molar-refractivity contribution in [1.82, 2.24) is 5.43 Å². The van der Waals surface area contributed by atoms with Crippen LogP contribution < -0.4 is 10.2 Å². The predicted molar refractivity (Wildman–Crippen MR) is 105 cm³/mol. The fourth-order valence-corrected chi connectivity index (χ4v) is 2.68. The number of phenols is 1. The van der Waals surface area contributed by atoms with E-state index >= 15 is 0 Å². The summed E-state index contributed by atoms with van der Waals surface area (Å²) in [7, 11) is 0. The minimum atomic E-state index is -0.431. The number of aromatic hydroxyl groups is 1. The molecule has 2 N–H and O–H groups in total. The largest absolute Gasteiger partial charge is 0.506 e. The topological polar surface area (TPSA) is 70.9 Å². The highest BCUT2D eigenvalue weighted by Crippen LogP contribution is 2.29. The fourth-order valence-electron chi connectivity index (χ4n) is 2.17. The maximum absolute atomic E-state index is 11.8. The lowest BCUT2D eigenvalue weighted by Crippen LogP contribution is -2.24. The molecule has 7 heteroatoms. The number of hydrogen-bond acceptors (Lipinski definition) is 4. The van der Waals surface area contributed by atoms with E-state index in [4.69, 9.17) is 27.9 Å². The molecule has 2 rings (SSSR count). The van der Waals surface area contributed by atoms with Crippen molar-refractivity contribution in [3.05, 3.63) is 57.6 Å². The normalized spacial score (nSPS) is 12.2. The number of amides is 1. The third-order valence-corrected chi connectivity index (χ3v) is 4.39. The van der Waals surface area contributed by atoms with Crippen LogP contribution in [0.1, 0.15) is 37.3 Å². The SMILES string of the molecule is CC[C@@H](C)c1ccc(OCC(=O)N/N=C/c2cc(Cl)cc(Cl)c2O)cc1. The minimum absolute atomic E-state index is 0.106. The van der Waals surface area contributed by atoms with Crippen molar-refractivity contribution >= 4 is 35.3 Å². The summed E-state index contributed by atoms with van der Waals surface area (Å²) in [5, 5.41) is 14.0. The number of carbonyl (C=O) groups is 1. The molecule has 0 saturated carbocycles. The Morgan fingerprint density at radius 1 is 1.31 bits per heavy atom. The highest BCUT2D eigenvalue weighted by molar-refractivity contribution is 6.36. The molecular formula is C19H20Cl2N2O3. The lowest BCUT2D eigenvalue weighted by atomic mass is 9.99. The minimum Gasteiger partial charge on any atom is -0.506 e. The van der Waals surface area contributed by atoms with Crippen LogP contribution in [0.5, 0.6) is 11.5 Å². The van der Waals surface area contributed by atoms with Gasteiger partial charge in [0.25, 0.3) is 5.91 Å². The van der Waals surface area contributed by atoms with E-state index in [2.05, 4.69) is 24.4 Å². The Balaban J connectivity index is 1.86. The molecule has 1 atom stereocenters. The second-order valence-corrected chi connectivity index (χ2v) is 6.63. The number of nitrogens with one attached hydrogen (secondary N) is 1. The Morgan fingerprint density at radius 3 is 2.65 bits per heavy atom. The average Bonchev–Trinajstić information content (AvgIpc) is 2.63. The third-order valence-electron chi connectivity index (χ3n) is 3.88. The molecule has 5 nitrogen and oxygen atoms in total. The molecule has 0 aromatic heterocycles. The van der Waals surface area contributed by atoms with Gasteiger partial charge in [-0.15, -0.1) is 0 Å². The number of hydrogen-bond donors (Lipinski definition) is 2. The second-order valence-electron chi connectivity index (χ2n) is 5.79. The van der Waals surface area contributed by atoms with E-state index in [-0.39, 0.29) is 17.4 Å². The quantitative estimate of drug-likeness (QED) is 0.526. The van der Waals surface area contributed by atoms with E-state index in [1.54, 1.807) is 0 Å². The summed E-state index contributed by atoms with van der Waals surface area (Å²) >= 11 is 11.7. The van der Waals surface area contributed by atoms with E-state index in [0.717, 1.165) is 6.42 Å². The van der Waals surface area contributed by atoms with Crippen LogP contribution in [-0.4, -0.2) is 23.8 Å². The van der Waals surface area contributed by atoms with Gasteiger partial charge in [-0.2, -0.15) is 5.10 Å². The van der Waals surface area contributed by atoms with Gasteiger partial charge in [0.05, 0.1) is 11.2 Å². The Hall–Kier alpha value is -2.24.